The monoisotopic (exact) mass is 201 g/mol. The molecule has 0 unspecified atom stereocenters. The molecule has 1 aromatic carbocycles. The zero-order valence-corrected chi connectivity index (χ0v) is 10.7. The summed E-state index contributed by atoms with van der Waals surface area (Å²) in [5.41, 5.74) is 3.83. The number of benzene rings is 1. The Labute approximate surface area is 95.8 Å². The summed E-state index contributed by atoms with van der Waals surface area (Å²) < 4.78 is 0. The molecule has 0 fully saturated rings. The van der Waals surface area contributed by atoms with Gasteiger partial charge in [-0.1, -0.05) is 13.8 Å². The van der Waals surface area contributed by atoms with Gasteiger partial charge in [-0.15, -0.1) is 0 Å². The van der Waals surface area contributed by atoms with Crippen molar-refractivity contribution in [1.29, 1.82) is 0 Å². The molecule has 0 saturated heterocycles. The molecule has 0 atom stereocenters. The van der Waals surface area contributed by atoms with Crippen molar-refractivity contribution in [3.8, 4) is 0 Å². The summed E-state index contributed by atoms with van der Waals surface area (Å²) in [4.78, 5) is 0. The van der Waals surface area contributed by atoms with Gasteiger partial charge in [-0.25, -0.2) is 0 Å². The van der Waals surface area contributed by atoms with E-state index in [0.717, 1.165) is 6.42 Å². The van der Waals surface area contributed by atoms with Crippen molar-refractivity contribution in [2.24, 2.45) is 5.92 Å². The van der Waals surface area contributed by atoms with Crippen LogP contribution in [-0.2, 0) is 6.42 Å². The molecule has 1 radical (unpaired) electrons. The van der Waals surface area contributed by atoms with Gasteiger partial charge < -0.3 is 0 Å². The van der Waals surface area contributed by atoms with E-state index in [2.05, 4.69) is 39.0 Å². The normalized spacial score (nSPS) is 9.40. The summed E-state index contributed by atoms with van der Waals surface area (Å²) in [6.07, 6.45) is 1.10. The van der Waals surface area contributed by atoms with E-state index in [9.17, 15) is 0 Å². The molecule has 0 N–H and O–H groups in total. The van der Waals surface area contributed by atoms with Gasteiger partial charge in [0.1, 0.15) is 0 Å². The predicted octanol–water partition coefficient (Wildman–Crippen LogP) is 3.54. The second-order valence-corrected chi connectivity index (χ2v) is 3.97. The summed E-state index contributed by atoms with van der Waals surface area (Å²) >= 11 is 0. The van der Waals surface area contributed by atoms with Crippen molar-refractivity contribution in [3.05, 3.63) is 34.9 Å². The van der Waals surface area contributed by atoms with Crippen LogP contribution >= 0.6 is 0 Å². The number of aryl methyl sites for hydroxylation is 1. The second-order valence-electron chi connectivity index (χ2n) is 3.97. The molecule has 0 amide bonds. The maximum absolute atomic E-state index is 5.55. The predicted molar refractivity (Wildman–Crippen MR) is 72.0 cm³/mol. The van der Waals surface area contributed by atoms with Crippen molar-refractivity contribution in [3.63, 3.8) is 0 Å². The molecule has 0 aliphatic carbocycles. The van der Waals surface area contributed by atoms with Crippen LogP contribution in [-0.4, -0.2) is 13.5 Å². The zero-order valence-electron chi connectivity index (χ0n) is 10.7. The van der Waals surface area contributed by atoms with Gasteiger partial charge in [-0.05, 0) is 0 Å². The molecular formula is C14H22B. The van der Waals surface area contributed by atoms with Gasteiger partial charge in [0.25, 0.3) is 0 Å². The third-order valence-corrected chi connectivity index (χ3v) is 2.11. The van der Waals surface area contributed by atoms with Crippen LogP contribution in [0.15, 0.2) is 18.2 Å². The summed E-state index contributed by atoms with van der Waals surface area (Å²) in [6.45, 7) is 10.6. The molecule has 0 aromatic heterocycles. The first-order valence-electron chi connectivity index (χ1n) is 5.78. The van der Waals surface area contributed by atoms with E-state index in [-0.39, 0.29) is 0 Å². The SMILES string of the molecule is CC.[B]=Cc1ccc(C)cc1CC(C)C. The Morgan fingerprint density at radius 2 is 1.87 bits per heavy atom. The number of hydrogen-bond acceptors (Lipinski definition) is 0. The van der Waals surface area contributed by atoms with E-state index in [1.165, 1.54) is 16.7 Å². The summed E-state index contributed by atoms with van der Waals surface area (Å²) in [7, 11) is 5.55. The molecular weight excluding hydrogens is 179 g/mol. The third-order valence-electron chi connectivity index (χ3n) is 2.11. The molecule has 0 heterocycles. The van der Waals surface area contributed by atoms with Gasteiger partial charge >= 0.3 is 81.5 Å². The summed E-state index contributed by atoms with van der Waals surface area (Å²) in [5.74, 6) is 2.37. The van der Waals surface area contributed by atoms with Crippen molar-refractivity contribution in [2.45, 2.75) is 41.0 Å². The Kier molecular flexibility index (Phi) is 7.03. The molecule has 0 saturated carbocycles. The Bertz CT molecular complexity index is 300. The molecule has 81 valence electrons. The van der Waals surface area contributed by atoms with Crippen LogP contribution in [0, 0.1) is 12.8 Å². The Balaban J connectivity index is 0.000000921. The Morgan fingerprint density at radius 1 is 1.27 bits per heavy atom. The summed E-state index contributed by atoms with van der Waals surface area (Å²) in [6, 6.07) is 6.41. The fraction of sp³-hybridized carbons (Fsp3) is 0.500. The van der Waals surface area contributed by atoms with Crippen LogP contribution < -0.4 is 0 Å². The minimum atomic E-state index is 0.681. The van der Waals surface area contributed by atoms with E-state index in [1.807, 2.05) is 13.8 Å². The van der Waals surface area contributed by atoms with Gasteiger partial charge in [-0.2, -0.15) is 0 Å². The van der Waals surface area contributed by atoms with E-state index in [4.69, 9.17) is 7.49 Å². The third kappa shape index (κ3) is 4.97. The van der Waals surface area contributed by atoms with E-state index in [0.29, 0.717) is 5.92 Å². The first-order valence-corrected chi connectivity index (χ1v) is 5.78. The van der Waals surface area contributed by atoms with Crippen molar-refractivity contribution in [1.82, 2.24) is 0 Å². The average molecular weight is 201 g/mol. The molecule has 1 heteroatoms. The van der Waals surface area contributed by atoms with Gasteiger partial charge in [0.2, 0.25) is 0 Å². The first-order chi connectivity index (χ1) is 7.13. The van der Waals surface area contributed by atoms with E-state index >= 15 is 0 Å². The number of hydrogen-bond donors (Lipinski definition) is 0. The topological polar surface area (TPSA) is 0 Å². The maximum atomic E-state index is 5.55. The number of rotatable bonds is 3. The van der Waals surface area contributed by atoms with Gasteiger partial charge in [0.05, 0.1) is 0 Å². The van der Waals surface area contributed by atoms with Crippen molar-refractivity contribution >= 4 is 13.5 Å². The fourth-order valence-corrected chi connectivity index (χ4v) is 1.51. The van der Waals surface area contributed by atoms with Crippen LogP contribution in [0.2, 0.25) is 0 Å². The summed E-state index contributed by atoms with van der Waals surface area (Å²) in [5, 5.41) is 0. The minimum absolute atomic E-state index is 0.681. The van der Waals surface area contributed by atoms with Crippen LogP contribution in [0.1, 0.15) is 44.4 Å². The van der Waals surface area contributed by atoms with E-state index in [1.54, 1.807) is 5.97 Å². The average Bonchev–Trinajstić information content (AvgIpc) is 2.20. The zero-order chi connectivity index (χ0) is 11.8. The fourth-order valence-electron chi connectivity index (χ4n) is 1.51. The molecule has 0 aliphatic rings. The van der Waals surface area contributed by atoms with Crippen LogP contribution in [0.25, 0.3) is 0 Å². The van der Waals surface area contributed by atoms with Crippen LogP contribution in [0.5, 0.6) is 0 Å². The molecule has 0 bridgehead atoms. The first kappa shape index (κ1) is 14.2. The van der Waals surface area contributed by atoms with Crippen LogP contribution in [0.4, 0.5) is 0 Å². The Hall–Kier alpha value is -0.845. The second kappa shape index (κ2) is 7.45. The molecule has 0 aliphatic heterocycles. The molecule has 1 rings (SSSR count). The van der Waals surface area contributed by atoms with Crippen LogP contribution in [0.3, 0.4) is 0 Å². The van der Waals surface area contributed by atoms with Gasteiger partial charge in [0, 0.05) is 0 Å². The molecule has 0 spiro atoms. The Morgan fingerprint density at radius 3 is 2.33 bits per heavy atom. The van der Waals surface area contributed by atoms with Gasteiger partial charge in [-0.3, -0.25) is 0 Å². The molecule has 0 nitrogen and oxygen atoms in total. The van der Waals surface area contributed by atoms with E-state index < -0.39 is 0 Å². The van der Waals surface area contributed by atoms with Crippen molar-refractivity contribution < 1.29 is 0 Å². The standard InChI is InChI=1S/C12H16B.C2H6/c1-9(2)6-12-7-10(3)4-5-11(12)8-13;1-2/h4-5,7-9H,6H2,1-3H3;1-2H3. The molecule has 15 heavy (non-hydrogen) atoms. The van der Waals surface area contributed by atoms with Gasteiger partial charge in [0.15, 0.2) is 0 Å². The molecule has 1 aromatic rings. The quantitative estimate of drug-likeness (QED) is 0.656. The van der Waals surface area contributed by atoms with Crippen molar-refractivity contribution in [2.75, 3.05) is 0 Å².